The van der Waals surface area contributed by atoms with Gasteiger partial charge in [-0.2, -0.15) is 12.6 Å². The average molecular weight is 520 g/mol. The molecule has 0 bridgehead atoms. The Morgan fingerprint density at radius 3 is 2.22 bits per heavy atom. The third-order valence-electron chi connectivity index (χ3n) is 6.34. The summed E-state index contributed by atoms with van der Waals surface area (Å²) in [4.78, 5) is 53.5. The van der Waals surface area contributed by atoms with Gasteiger partial charge in [0.25, 0.3) is 0 Å². The maximum Gasteiger partial charge on any atom is 0.326 e. The first kappa shape index (κ1) is 29.2. The maximum atomic E-state index is 13.1. The summed E-state index contributed by atoms with van der Waals surface area (Å²) in [5.74, 6) is -3.32. The number of carbonyl (C=O) groups is 4. The number of carboxylic acids is 1. The minimum atomic E-state index is -1.22. The number of aromatic nitrogens is 1. The smallest absolute Gasteiger partial charge is 0.326 e. The summed E-state index contributed by atoms with van der Waals surface area (Å²) in [5, 5.41) is 18.4. The second-order valence-electron chi connectivity index (χ2n) is 9.35. The molecule has 2 rings (SSSR count). The van der Waals surface area contributed by atoms with E-state index >= 15 is 0 Å². The molecule has 2 aromatic rings. The molecule has 5 unspecified atom stereocenters. The minimum absolute atomic E-state index is 0.0525. The van der Waals surface area contributed by atoms with Crippen molar-refractivity contribution in [3.63, 3.8) is 0 Å². The predicted octanol–water partition coefficient (Wildman–Crippen LogP) is 1.21. The summed E-state index contributed by atoms with van der Waals surface area (Å²) in [6.07, 6.45) is 2.36. The number of rotatable bonds is 13. The van der Waals surface area contributed by atoms with Crippen molar-refractivity contribution in [1.29, 1.82) is 0 Å². The SMILES string of the molecule is CCC(C)C(NC(=O)C(N)C(C)C)C(=O)NC(CS)C(=O)NC(Cc1c[nH]c2ccccc12)C(=O)O. The molecule has 1 aromatic heterocycles. The fourth-order valence-electron chi connectivity index (χ4n) is 3.70. The Hall–Kier alpha value is -3.05. The lowest BCUT2D eigenvalue weighted by molar-refractivity contribution is -0.142. The van der Waals surface area contributed by atoms with Gasteiger partial charge in [-0.25, -0.2) is 4.79 Å². The normalized spacial score (nSPS) is 15.5. The van der Waals surface area contributed by atoms with Crippen molar-refractivity contribution in [2.24, 2.45) is 17.6 Å². The second kappa shape index (κ2) is 13.3. The number of thiol groups is 1. The van der Waals surface area contributed by atoms with Gasteiger partial charge >= 0.3 is 5.97 Å². The summed E-state index contributed by atoms with van der Waals surface area (Å²) < 4.78 is 0. The molecule has 0 fully saturated rings. The van der Waals surface area contributed by atoms with Crippen LogP contribution in [0.3, 0.4) is 0 Å². The molecule has 0 aliphatic heterocycles. The number of fused-ring (bicyclic) bond motifs is 1. The predicted molar refractivity (Wildman–Crippen MR) is 142 cm³/mol. The molecular formula is C25H37N5O5S. The van der Waals surface area contributed by atoms with E-state index in [0.717, 1.165) is 16.5 Å². The molecule has 10 nitrogen and oxygen atoms in total. The third kappa shape index (κ3) is 7.47. The monoisotopic (exact) mass is 519 g/mol. The summed E-state index contributed by atoms with van der Waals surface area (Å²) in [7, 11) is 0. The number of nitrogens with two attached hydrogens (primary N) is 1. The van der Waals surface area contributed by atoms with Gasteiger partial charge < -0.3 is 31.8 Å². The topological polar surface area (TPSA) is 166 Å². The fraction of sp³-hybridized carbons (Fsp3) is 0.520. The standard InChI is InChI=1S/C25H37N5O5S/c1-5-14(4)21(30-23(32)20(26)13(2)3)24(33)29-19(12-36)22(31)28-18(25(34)35)10-15-11-27-17-9-7-6-8-16(15)17/h6-9,11,13-14,18-21,27,36H,5,10,12,26H2,1-4H3,(H,28,31)(H,29,33)(H,30,32)(H,34,35). The average Bonchev–Trinajstić information content (AvgIpc) is 3.26. The molecule has 0 saturated heterocycles. The Bertz CT molecular complexity index is 1070. The highest BCUT2D eigenvalue weighted by Crippen LogP contribution is 2.19. The van der Waals surface area contributed by atoms with Gasteiger partial charge in [0.1, 0.15) is 18.1 Å². The van der Waals surface area contributed by atoms with Gasteiger partial charge in [0.15, 0.2) is 0 Å². The van der Waals surface area contributed by atoms with E-state index in [4.69, 9.17) is 5.73 Å². The number of hydrogen-bond donors (Lipinski definition) is 7. The van der Waals surface area contributed by atoms with Crippen molar-refractivity contribution in [3.05, 3.63) is 36.0 Å². The molecule has 7 N–H and O–H groups in total. The Labute approximate surface area is 216 Å². The number of carboxylic acid groups (broad SMARTS) is 1. The molecule has 1 aromatic carbocycles. The molecule has 36 heavy (non-hydrogen) atoms. The molecular weight excluding hydrogens is 482 g/mol. The number of benzene rings is 1. The lowest BCUT2D eigenvalue weighted by Gasteiger charge is -2.28. The Balaban J connectivity index is 2.12. The lowest BCUT2D eigenvalue weighted by Crippen LogP contribution is -2.59. The number of amides is 3. The van der Waals surface area contributed by atoms with Crippen LogP contribution in [0.2, 0.25) is 0 Å². The van der Waals surface area contributed by atoms with Crippen molar-refractivity contribution in [1.82, 2.24) is 20.9 Å². The van der Waals surface area contributed by atoms with Gasteiger partial charge in [-0.15, -0.1) is 0 Å². The van der Waals surface area contributed by atoms with Crippen LogP contribution in [0.15, 0.2) is 30.5 Å². The zero-order valence-corrected chi connectivity index (χ0v) is 22.0. The molecule has 0 radical (unpaired) electrons. The summed E-state index contributed by atoms with van der Waals surface area (Å²) in [6, 6.07) is 3.44. The Morgan fingerprint density at radius 2 is 1.64 bits per heavy atom. The molecule has 0 saturated carbocycles. The minimum Gasteiger partial charge on any atom is -0.480 e. The lowest BCUT2D eigenvalue weighted by atomic mass is 9.96. The number of nitrogens with one attached hydrogen (secondary N) is 4. The number of aromatic amines is 1. The highest BCUT2D eigenvalue weighted by Gasteiger charge is 2.32. The van der Waals surface area contributed by atoms with Crippen LogP contribution in [-0.2, 0) is 25.6 Å². The van der Waals surface area contributed by atoms with E-state index in [0.29, 0.717) is 6.42 Å². The first-order valence-electron chi connectivity index (χ1n) is 12.0. The number of aliphatic carboxylic acids is 1. The van der Waals surface area contributed by atoms with Gasteiger partial charge in [0, 0.05) is 29.3 Å². The second-order valence-corrected chi connectivity index (χ2v) is 9.71. The van der Waals surface area contributed by atoms with Crippen LogP contribution in [0, 0.1) is 11.8 Å². The zero-order valence-electron chi connectivity index (χ0n) is 21.1. The zero-order chi connectivity index (χ0) is 27.0. The van der Waals surface area contributed by atoms with E-state index < -0.39 is 47.9 Å². The van der Waals surface area contributed by atoms with Gasteiger partial charge in [0.05, 0.1) is 6.04 Å². The number of H-pyrrole nitrogens is 1. The number of para-hydroxylation sites is 1. The van der Waals surface area contributed by atoms with E-state index in [1.54, 1.807) is 20.0 Å². The van der Waals surface area contributed by atoms with Gasteiger partial charge in [0.2, 0.25) is 17.7 Å². The van der Waals surface area contributed by atoms with Crippen LogP contribution >= 0.6 is 12.6 Å². The Kier molecular flexibility index (Phi) is 10.8. The first-order valence-corrected chi connectivity index (χ1v) is 12.7. The van der Waals surface area contributed by atoms with Gasteiger partial charge in [-0.05, 0) is 23.5 Å². The number of hydrogen-bond acceptors (Lipinski definition) is 6. The van der Waals surface area contributed by atoms with Crippen LogP contribution in [0.5, 0.6) is 0 Å². The highest BCUT2D eigenvalue weighted by molar-refractivity contribution is 7.80. The van der Waals surface area contributed by atoms with E-state index in [1.165, 1.54) is 0 Å². The largest absolute Gasteiger partial charge is 0.480 e. The summed E-state index contributed by atoms with van der Waals surface area (Å²) in [5.41, 5.74) is 7.52. The molecule has 0 spiro atoms. The fourth-order valence-corrected chi connectivity index (χ4v) is 3.96. The highest BCUT2D eigenvalue weighted by atomic mass is 32.1. The van der Waals surface area contributed by atoms with Crippen molar-refractivity contribution < 1.29 is 24.3 Å². The molecule has 198 valence electrons. The molecule has 11 heteroatoms. The molecule has 5 atom stereocenters. The molecule has 0 aliphatic carbocycles. The van der Waals surface area contributed by atoms with E-state index in [9.17, 15) is 24.3 Å². The molecule has 1 heterocycles. The van der Waals surface area contributed by atoms with Crippen LogP contribution in [0.1, 0.15) is 39.7 Å². The molecule has 0 aliphatic rings. The number of carbonyl (C=O) groups excluding carboxylic acids is 3. The quantitative estimate of drug-likeness (QED) is 0.196. The van der Waals surface area contributed by atoms with Crippen molar-refractivity contribution in [3.8, 4) is 0 Å². The first-order chi connectivity index (χ1) is 17.0. The van der Waals surface area contributed by atoms with Crippen LogP contribution in [0.4, 0.5) is 0 Å². The van der Waals surface area contributed by atoms with Crippen LogP contribution in [-0.4, -0.2) is 63.7 Å². The third-order valence-corrected chi connectivity index (χ3v) is 6.71. The summed E-state index contributed by atoms with van der Waals surface area (Å²) >= 11 is 4.18. The van der Waals surface area contributed by atoms with E-state index in [2.05, 4.69) is 33.6 Å². The molecule has 3 amide bonds. The van der Waals surface area contributed by atoms with Crippen molar-refractivity contribution in [2.45, 2.75) is 64.7 Å². The van der Waals surface area contributed by atoms with Crippen LogP contribution in [0.25, 0.3) is 10.9 Å². The summed E-state index contributed by atoms with van der Waals surface area (Å²) in [6.45, 7) is 7.30. The van der Waals surface area contributed by atoms with Gasteiger partial charge in [-0.3, -0.25) is 14.4 Å². The van der Waals surface area contributed by atoms with Crippen molar-refractivity contribution in [2.75, 3.05) is 5.75 Å². The Morgan fingerprint density at radius 1 is 1.00 bits per heavy atom. The van der Waals surface area contributed by atoms with E-state index in [1.807, 2.05) is 38.1 Å². The van der Waals surface area contributed by atoms with E-state index in [-0.39, 0.29) is 24.0 Å². The van der Waals surface area contributed by atoms with Crippen molar-refractivity contribution >= 4 is 47.2 Å². The van der Waals surface area contributed by atoms with Gasteiger partial charge in [-0.1, -0.05) is 52.3 Å². The van der Waals surface area contributed by atoms with Crippen LogP contribution < -0.4 is 21.7 Å². The maximum absolute atomic E-state index is 13.1.